The highest BCUT2D eigenvalue weighted by Crippen LogP contribution is 2.33. The van der Waals surface area contributed by atoms with Crippen LogP contribution in [0.15, 0.2) is 11.4 Å². The molecule has 0 bridgehead atoms. The molecule has 1 aromatic heterocycles. The lowest BCUT2D eigenvalue weighted by atomic mass is 9.98. The molecule has 1 nitrogen and oxygen atoms in total. The van der Waals surface area contributed by atoms with Crippen LogP contribution in [0.5, 0.6) is 0 Å². The van der Waals surface area contributed by atoms with Crippen LogP contribution >= 0.6 is 11.3 Å². The summed E-state index contributed by atoms with van der Waals surface area (Å²) >= 11 is 1.69. The molecule has 0 aliphatic heterocycles. The van der Waals surface area contributed by atoms with Crippen molar-refractivity contribution in [3.63, 3.8) is 0 Å². The molecule has 1 saturated carbocycles. The standard InChI is InChI=1S/C13H20OS/c1-10-8-9-15-13(10)12(14)7-6-11-4-2-3-5-11/h8-9,11-12,14H,2-7H2,1H3. The molecule has 1 aliphatic carbocycles. The van der Waals surface area contributed by atoms with Gasteiger partial charge in [0.25, 0.3) is 0 Å². The summed E-state index contributed by atoms with van der Waals surface area (Å²) < 4.78 is 0. The van der Waals surface area contributed by atoms with Crippen molar-refractivity contribution in [1.29, 1.82) is 0 Å². The molecule has 0 saturated heterocycles. The molecule has 1 aliphatic rings. The maximum atomic E-state index is 10.1. The van der Waals surface area contributed by atoms with Gasteiger partial charge in [-0.2, -0.15) is 0 Å². The number of hydrogen-bond donors (Lipinski definition) is 1. The van der Waals surface area contributed by atoms with Crippen molar-refractivity contribution < 1.29 is 5.11 Å². The zero-order valence-corrected chi connectivity index (χ0v) is 10.2. The van der Waals surface area contributed by atoms with Gasteiger partial charge in [-0.15, -0.1) is 11.3 Å². The molecule has 2 rings (SSSR count). The van der Waals surface area contributed by atoms with Gasteiger partial charge in [0.2, 0.25) is 0 Å². The van der Waals surface area contributed by atoms with E-state index >= 15 is 0 Å². The number of hydrogen-bond acceptors (Lipinski definition) is 2. The van der Waals surface area contributed by atoms with Gasteiger partial charge in [-0.25, -0.2) is 0 Å². The van der Waals surface area contributed by atoms with Gasteiger partial charge in [0.05, 0.1) is 6.10 Å². The Kier molecular flexibility index (Phi) is 3.81. The van der Waals surface area contributed by atoms with Crippen LogP contribution in [0, 0.1) is 12.8 Å². The fraction of sp³-hybridized carbons (Fsp3) is 0.692. The maximum Gasteiger partial charge on any atom is 0.0884 e. The lowest BCUT2D eigenvalue weighted by Gasteiger charge is -2.13. The third-order valence-electron chi connectivity index (χ3n) is 3.53. The molecule has 84 valence electrons. The van der Waals surface area contributed by atoms with Crippen LogP contribution < -0.4 is 0 Å². The molecule has 0 aromatic carbocycles. The Morgan fingerprint density at radius 2 is 2.20 bits per heavy atom. The molecular formula is C13H20OS. The summed E-state index contributed by atoms with van der Waals surface area (Å²) in [5.41, 5.74) is 1.25. The molecule has 1 N–H and O–H groups in total. The van der Waals surface area contributed by atoms with E-state index < -0.39 is 0 Å². The van der Waals surface area contributed by atoms with Crippen LogP contribution in [0.1, 0.15) is 55.1 Å². The monoisotopic (exact) mass is 224 g/mol. The van der Waals surface area contributed by atoms with E-state index in [1.807, 2.05) is 0 Å². The van der Waals surface area contributed by atoms with E-state index in [1.165, 1.54) is 42.5 Å². The second-order valence-electron chi connectivity index (χ2n) is 4.71. The summed E-state index contributed by atoms with van der Waals surface area (Å²) in [6.07, 6.45) is 7.51. The summed E-state index contributed by atoms with van der Waals surface area (Å²) in [6, 6.07) is 2.10. The smallest absolute Gasteiger partial charge is 0.0884 e. The minimum Gasteiger partial charge on any atom is -0.388 e. The van der Waals surface area contributed by atoms with E-state index in [4.69, 9.17) is 0 Å². The van der Waals surface area contributed by atoms with Crippen molar-refractivity contribution in [2.75, 3.05) is 0 Å². The number of aliphatic hydroxyl groups is 1. The first kappa shape index (κ1) is 11.2. The summed E-state index contributed by atoms with van der Waals surface area (Å²) in [4.78, 5) is 1.17. The van der Waals surface area contributed by atoms with Gasteiger partial charge in [-0.05, 0) is 42.7 Å². The fourth-order valence-corrected chi connectivity index (χ4v) is 3.50. The Labute approximate surface area is 96.1 Å². The van der Waals surface area contributed by atoms with Crippen LogP contribution in [0.3, 0.4) is 0 Å². The van der Waals surface area contributed by atoms with E-state index in [2.05, 4.69) is 18.4 Å². The van der Waals surface area contributed by atoms with E-state index in [0.717, 1.165) is 12.3 Å². The quantitative estimate of drug-likeness (QED) is 0.817. The van der Waals surface area contributed by atoms with Gasteiger partial charge >= 0.3 is 0 Å². The molecule has 1 unspecified atom stereocenters. The summed E-state index contributed by atoms with van der Waals surface area (Å²) in [7, 11) is 0. The summed E-state index contributed by atoms with van der Waals surface area (Å²) in [6.45, 7) is 2.09. The molecule has 1 atom stereocenters. The zero-order valence-electron chi connectivity index (χ0n) is 9.41. The molecule has 1 fully saturated rings. The average Bonchev–Trinajstić information content (AvgIpc) is 2.84. The van der Waals surface area contributed by atoms with Crippen LogP contribution in [0.2, 0.25) is 0 Å². The van der Waals surface area contributed by atoms with E-state index in [-0.39, 0.29) is 6.10 Å². The van der Waals surface area contributed by atoms with E-state index in [1.54, 1.807) is 11.3 Å². The molecule has 1 heterocycles. The van der Waals surface area contributed by atoms with Crippen molar-refractivity contribution >= 4 is 11.3 Å². The number of rotatable bonds is 4. The molecule has 1 aromatic rings. The van der Waals surface area contributed by atoms with Gasteiger partial charge in [0.1, 0.15) is 0 Å². The number of aryl methyl sites for hydroxylation is 1. The molecular weight excluding hydrogens is 204 g/mol. The van der Waals surface area contributed by atoms with Crippen molar-refractivity contribution in [3.8, 4) is 0 Å². The summed E-state index contributed by atoms with van der Waals surface area (Å²) in [5, 5.41) is 12.1. The maximum absolute atomic E-state index is 10.1. The number of aliphatic hydroxyl groups excluding tert-OH is 1. The van der Waals surface area contributed by atoms with Gasteiger partial charge in [0.15, 0.2) is 0 Å². The molecule has 0 radical (unpaired) electrons. The second kappa shape index (κ2) is 5.13. The van der Waals surface area contributed by atoms with E-state index in [9.17, 15) is 5.11 Å². The Hall–Kier alpha value is -0.340. The average molecular weight is 224 g/mol. The largest absolute Gasteiger partial charge is 0.388 e. The molecule has 0 amide bonds. The molecule has 15 heavy (non-hydrogen) atoms. The highest BCUT2D eigenvalue weighted by atomic mass is 32.1. The first-order valence-corrected chi connectivity index (χ1v) is 6.87. The lowest BCUT2D eigenvalue weighted by molar-refractivity contribution is 0.160. The third-order valence-corrected chi connectivity index (χ3v) is 4.65. The predicted octanol–water partition coefficient (Wildman–Crippen LogP) is 4.06. The van der Waals surface area contributed by atoms with Gasteiger partial charge in [0, 0.05) is 4.88 Å². The highest BCUT2D eigenvalue weighted by molar-refractivity contribution is 7.10. The molecule has 0 spiro atoms. The van der Waals surface area contributed by atoms with Gasteiger partial charge in [-0.1, -0.05) is 25.7 Å². The van der Waals surface area contributed by atoms with E-state index in [0.29, 0.717) is 0 Å². The lowest BCUT2D eigenvalue weighted by Crippen LogP contribution is -2.01. The zero-order chi connectivity index (χ0) is 10.7. The van der Waals surface area contributed by atoms with Crippen LogP contribution in [0.25, 0.3) is 0 Å². The third kappa shape index (κ3) is 2.82. The Balaban J connectivity index is 1.81. The van der Waals surface area contributed by atoms with Crippen molar-refractivity contribution in [2.45, 2.75) is 51.6 Å². The van der Waals surface area contributed by atoms with Crippen LogP contribution in [-0.4, -0.2) is 5.11 Å². The fourth-order valence-electron chi connectivity index (χ4n) is 2.55. The van der Waals surface area contributed by atoms with Crippen molar-refractivity contribution in [1.82, 2.24) is 0 Å². The SMILES string of the molecule is Cc1ccsc1C(O)CCC1CCCC1. The first-order chi connectivity index (χ1) is 7.27. The topological polar surface area (TPSA) is 20.2 Å². The normalized spacial score (nSPS) is 19.6. The Bertz CT molecular complexity index is 299. The molecule has 2 heteroatoms. The first-order valence-electron chi connectivity index (χ1n) is 5.99. The van der Waals surface area contributed by atoms with Crippen LogP contribution in [0.4, 0.5) is 0 Å². The minimum absolute atomic E-state index is 0.217. The van der Waals surface area contributed by atoms with Crippen LogP contribution in [-0.2, 0) is 0 Å². The predicted molar refractivity (Wildman–Crippen MR) is 65.2 cm³/mol. The number of thiophene rings is 1. The van der Waals surface area contributed by atoms with Crippen molar-refractivity contribution in [3.05, 3.63) is 21.9 Å². The Morgan fingerprint density at radius 1 is 1.47 bits per heavy atom. The van der Waals surface area contributed by atoms with Gasteiger partial charge < -0.3 is 5.11 Å². The Morgan fingerprint density at radius 3 is 2.80 bits per heavy atom. The second-order valence-corrected chi connectivity index (χ2v) is 5.66. The van der Waals surface area contributed by atoms with Crippen molar-refractivity contribution in [2.24, 2.45) is 5.92 Å². The summed E-state index contributed by atoms with van der Waals surface area (Å²) in [5.74, 6) is 0.889. The van der Waals surface area contributed by atoms with Gasteiger partial charge in [-0.3, -0.25) is 0 Å². The minimum atomic E-state index is -0.217. The highest BCUT2D eigenvalue weighted by Gasteiger charge is 2.18.